The lowest BCUT2D eigenvalue weighted by Crippen LogP contribution is -2.14. The van der Waals surface area contributed by atoms with E-state index >= 15 is 0 Å². The number of halogens is 2. The molecule has 0 spiro atoms. The Hall–Kier alpha value is -3.16. The van der Waals surface area contributed by atoms with Crippen LogP contribution in [0.2, 0.25) is 10.0 Å². The summed E-state index contributed by atoms with van der Waals surface area (Å²) in [6.07, 6.45) is 6.42. The van der Waals surface area contributed by atoms with Crippen molar-refractivity contribution in [2.24, 2.45) is 11.5 Å². The number of methoxy groups -OCH3 is 2. The van der Waals surface area contributed by atoms with Gasteiger partial charge >= 0.3 is 0 Å². The molecule has 0 aliphatic heterocycles. The van der Waals surface area contributed by atoms with Crippen LogP contribution < -0.4 is 20.9 Å². The summed E-state index contributed by atoms with van der Waals surface area (Å²) in [5, 5.41) is 1.12. The minimum Gasteiger partial charge on any atom is -0.481 e. The molecule has 4 aromatic rings. The van der Waals surface area contributed by atoms with Crippen molar-refractivity contribution in [3.63, 3.8) is 0 Å². The first-order chi connectivity index (χ1) is 20.0. The standard InChI is InChI=1S/C33H36Cl2N4O2/c1-40-32-21(20-8-3-4-9-20)15-17-28(38-32)25-12-5-10-22(30(25)34)23-11-6-13-26(31(23)35)29-18-16-24(33(39-29)41-2)27(37)14-7-19-36/h5-6,10-13,15-18,20,27H,3-4,7-9,14,19,36-37H2,1-2H3/t27-/m0/s1. The number of nitrogens with zero attached hydrogens (tertiary/aromatic N) is 2. The van der Waals surface area contributed by atoms with E-state index < -0.39 is 0 Å². The van der Waals surface area contributed by atoms with Crippen molar-refractivity contribution in [1.29, 1.82) is 0 Å². The predicted octanol–water partition coefficient (Wildman–Crippen LogP) is 8.20. The number of hydrogen-bond acceptors (Lipinski definition) is 6. The molecule has 41 heavy (non-hydrogen) atoms. The van der Waals surface area contributed by atoms with Crippen LogP contribution in [-0.4, -0.2) is 30.7 Å². The van der Waals surface area contributed by atoms with Gasteiger partial charge < -0.3 is 20.9 Å². The zero-order valence-electron chi connectivity index (χ0n) is 23.5. The first-order valence-corrected chi connectivity index (χ1v) is 14.9. The van der Waals surface area contributed by atoms with Crippen LogP contribution in [-0.2, 0) is 0 Å². The third kappa shape index (κ3) is 6.07. The van der Waals surface area contributed by atoms with Crippen LogP contribution in [0.5, 0.6) is 11.8 Å². The third-order valence-corrected chi connectivity index (χ3v) is 8.73. The summed E-state index contributed by atoms with van der Waals surface area (Å²) in [5.41, 5.74) is 18.7. The molecule has 1 fully saturated rings. The first kappa shape index (κ1) is 29.3. The van der Waals surface area contributed by atoms with Gasteiger partial charge in [0.25, 0.3) is 0 Å². The van der Waals surface area contributed by atoms with Crippen LogP contribution in [0.4, 0.5) is 0 Å². The van der Waals surface area contributed by atoms with Crippen molar-refractivity contribution in [3.8, 4) is 45.4 Å². The monoisotopic (exact) mass is 590 g/mol. The SMILES string of the molecule is COc1nc(-c2cccc(-c3cccc(-c4ccc([C@@H](N)CCCN)c(OC)n4)c3Cl)c2Cl)ccc1C1CCCC1. The molecule has 1 atom stereocenters. The second-order valence-corrected chi connectivity index (χ2v) is 11.2. The van der Waals surface area contributed by atoms with Crippen molar-refractivity contribution in [1.82, 2.24) is 9.97 Å². The van der Waals surface area contributed by atoms with Gasteiger partial charge in [-0.3, -0.25) is 0 Å². The van der Waals surface area contributed by atoms with E-state index in [2.05, 4.69) is 6.07 Å². The molecule has 2 aromatic carbocycles. The van der Waals surface area contributed by atoms with Crippen molar-refractivity contribution in [3.05, 3.63) is 81.8 Å². The second kappa shape index (κ2) is 13.2. The van der Waals surface area contributed by atoms with Gasteiger partial charge in [0.05, 0.1) is 35.7 Å². The minimum atomic E-state index is -0.210. The highest BCUT2D eigenvalue weighted by Gasteiger charge is 2.23. The van der Waals surface area contributed by atoms with E-state index in [1.54, 1.807) is 14.2 Å². The highest BCUT2D eigenvalue weighted by atomic mass is 35.5. The van der Waals surface area contributed by atoms with E-state index in [1.165, 1.54) is 31.2 Å². The lowest BCUT2D eigenvalue weighted by Gasteiger charge is -2.17. The molecule has 8 heteroatoms. The summed E-state index contributed by atoms with van der Waals surface area (Å²) >= 11 is 14.1. The van der Waals surface area contributed by atoms with Crippen LogP contribution in [0.3, 0.4) is 0 Å². The molecule has 0 saturated heterocycles. The molecule has 4 N–H and O–H groups in total. The van der Waals surface area contributed by atoms with Gasteiger partial charge in [-0.15, -0.1) is 0 Å². The van der Waals surface area contributed by atoms with Gasteiger partial charge in [0.2, 0.25) is 11.8 Å². The minimum absolute atomic E-state index is 0.210. The average molecular weight is 592 g/mol. The average Bonchev–Trinajstić information content (AvgIpc) is 3.54. The number of ether oxygens (including phenoxy) is 2. The van der Waals surface area contributed by atoms with Gasteiger partial charge in [-0.05, 0) is 56.3 Å². The van der Waals surface area contributed by atoms with Crippen LogP contribution in [0.15, 0.2) is 60.7 Å². The lowest BCUT2D eigenvalue weighted by molar-refractivity contribution is 0.387. The molecular formula is C33H36Cl2N4O2. The maximum Gasteiger partial charge on any atom is 0.218 e. The van der Waals surface area contributed by atoms with E-state index in [0.29, 0.717) is 40.0 Å². The molecule has 1 aliphatic rings. The van der Waals surface area contributed by atoms with E-state index in [9.17, 15) is 0 Å². The number of pyridine rings is 2. The molecule has 0 radical (unpaired) electrons. The van der Waals surface area contributed by atoms with Crippen molar-refractivity contribution < 1.29 is 9.47 Å². The number of hydrogen-bond donors (Lipinski definition) is 2. The fourth-order valence-electron chi connectivity index (χ4n) is 5.73. The summed E-state index contributed by atoms with van der Waals surface area (Å²) in [7, 11) is 3.27. The molecule has 0 unspecified atom stereocenters. The molecule has 6 nitrogen and oxygen atoms in total. The first-order valence-electron chi connectivity index (χ1n) is 14.1. The Morgan fingerprint density at radius 2 is 1.32 bits per heavy atom. The van der Waals surface area contributed by atoms with Gasteiger partial charge in [0.1, 0.15) is 0 Å². The summed E-state index contributed by atoms with van der Waals surface area (Å²) in [5.74, 6) is 1.65. The molecule has 0 amide bonds. The zero-order chi connectivity index (χ0) is 28.9. The quantitative estimate of drug-likeness (QED) is 0.193. The van der Waals surface area contributed by atoms with Crippen LogP contribution in [0.25, 0.3) is 33.6 Å². The van der Waals surface area contributed by atoms with Gasteiger partial charge in [0, 0.05) is 39.4 Å². The van der Waals surface area contributed by atoms with Gasteiger partial charge in [-0.2, -0.15) is 0 Å². The smallest absolute Gasteiger partial charge is 0.218 e. The third-order valence-electron chi connectivity index (χ3n) is 7.92. The van der Waals surface area contributed by atoms with E-state index in [0.717, 1.165) is 46.4 Å². The maximum absolute atomic E-state index is 7.06. The summed E-state index contributed by atoms with van der Waals surface area (Å²) in [4.78, 5) is 9.63. The molecule has 214 valence electrons. The number of benzene rings is 2. The molecule has 2 aromatic heterocycles. The van der Waals surface area contributed by atoms with Gasteiger partial charge in [-0.1, -0.05) is 78.5 Å². The van der Waals surface area contributed by atoms with Crippen molar-refractivity contribution in [2.75, 3.05) is 20.8 Å². The van der Waals surface area contributed by atoms with Crippen LogP contribution in [0.1, 0.15) is 61.6 Å². The number of rotatable bonds is 10. The Morgan fingerprint density at radius 3 is 1.88 bits per heavy atom. The highest BCUT2D eigenvalue weighted by molar-refractivity contribution is 6.39. The highest BCUT2D eigenvalue weighted by Crippen LogP contribution is 2.44. The summed E-state index contributed by atoms with van der Waals surface area (Å²) < 4.78 is 11.3. The van der Waals surface area contributed by atoms with Crippen LogP contribution in [0, 0.1) is 0 Å². The Morgan fingerprint density at radius 1 is 0.780 bits per heavy atom. The fraction of sp³-hybridized carbons (Fsp3) is 0.333. The molecule has 1 aliphatic carbocycles. The topological polar surface area (TPSA) is 96.3 Å². The Kier molecular flexibility index (Phi) is 9.46. The van der Waals surface area contributed by atoms with Gasteiger partial charge in [-0.25, -0.2) is 9.97 Å². The van der Waals surface area contributed by atoms with Crippen LogP contribution >= 0.6 is 23.2 Å². The molecule has 0 bridgehead atoms. The van der Waals surface area contributed by atoms with E-state index in [4.69, 9.17) is 54.1 Å². The fourth-order valence-corrected chi connectivity index (χ4v) is 6.38. The molecule has 2 heterocycles. The maximum atomic E-state index is 7.06. The molecule has 1 saturated carbocycles. The Labute approximate surface area is 252 Å². The summed E-state index contributed by atoms with van der Waals surface area (Å²) in [6, 6.07) is 19.6. The number of aromatic nitrogens is 2. The Balaban J connectivity index is 1.51. The van der Waals surface area contributed by atoms with Gasteiger partial charge in [0.15, 0.2) is 0 Å². The predicted molar refractivity (Wildman–Crippen MR) is 168 cm³/mol. The number of nitrogens with two attached hydrogens (primary N) is 2. The second-order valence-electron chi connectivity index (χ2n) is 10.4. The largest absolute Gasteiger partial charge is 0.481 e. The Bertz CT molecular complexity index is 1520. The van der Waals surface area contributed by atoms with Crippen molar-refractivity contribution >= 4 is 23.2 Å². The van der Waals surface area contributed by atoms with Crippen molar-refractivity contribution in [2.45, 2.75) is 50.5 Å². The lowest BCUT2D eigenvalue weighted by atomic mass is 9.96. The molecular weight excluding hydrogens is 555 g/mol. The zero-order valence-corrected chi connectivity index (χ0v) is 25.0. The summed E-state index contributed by atoms with van der Waals surface area (Å²) in [6.45, 7) is 0.586. The van der Waals surface area contributed by atoms with E-state index in [1.807, 2.05) is 54.6 Å². The van der Waals surface area contributed by atoms with E-state index in [-0.39, 0.29) is 6.04 Å². The molecule has 5 rings (SSSR count). The normalized spacial score (nSPS) is 14.3.